The summed E-state index contributed by atoms with van der Waals surface area (Å²) in [5.74, 6) is 0. The molecule has 72 valence electrons. The molecule has 0 aliphatic heterocycles. The topological polar surface area (TPSA) is 35.2 Å². The molecule has 0 bridgehead atoms. The van der Waals surface area contributed by atoms with Crippen LogP contribution in [0.2, 0.25) is 0 Å². The Kier molecular flexibility index (Phi) is 2.35. The number of methoxy groups -OCH3 is 1. The quantitative estimate of drug-likeness (QED) is 0.703. The van der Waals surface area contributed by atoms with Crippen LogP contribution in [0.1, 0.15) is 19.3 Å². The Hall–Kier alpha value is -0.290. The van der Waals surface area contributed by atoms with E-state index in [-0.39, 0.29) is 0 Å². The molecular weight excluding hydrogens is 171 g/mol. The van der Waals surface area contributed by atoms with Gasteiger partial charge in [-0.1, -0.05) is 0 Å². The normalized spacial score (nSPS) is 24.8. The molecule has 1 fully saturated rings. The average Bonchev–Trinajstić information content (AvgIpc) is 1.82. The molecule has 2 N–H and O–H groups in total. The van der Waals surface area contributed by atoms with Crippen LogP contribution in [-0.4, -0.2) is 24.9 Å². The fourth-order valence-corrected chi connectivity index (χ4v) is 1.54. The van der Waals surface area contributed by atoms with E-state index in [2.05, 4.69) is 4.74 Å². The first-order valence-electron chi connectivity index (χ1n) is 3.78. The summed E-state index contributed by atoms with van der Waals surface area (Å²) in [6.45, 7) is 0. The minimum atomic E-state index is -4.34. The largest absolute Gasteiger partial charge is 0.416 e. The molecule has 0 radical (unpaired) electrons. The molecule has 0 saturated heterocycles. The molecule has 0 heterocycles. The van der Waals surface area contributed by atoms with Crippen LogP contribution in [0.5, 0.6) is 0 Å². The maximum atomic E-state index is 12.2. The molecular formula is C7H12F3NO. The molecule has 0 aromatic heterocycles. The van der Waals surface area contributed by atoms with Gasteiger partial charge in [0.25, 0.3) is 0 Å². The van der Waals surface area contributed by atoms with Crippen molar-refractivity contribution >= 4 is 0 Å². The van der Waals surface area contributed by atoms with Crippen LogP contribution >= 0.6 is 0 Å². The summed E-state index contributed by atoms with van der Waals surface area (Å²) in [6, 6.07) is 0. The third-order valence-corrected chi connectivity index (χ3v) is 2.34. The van der Waals surface area contributed by atoms with Crippen molar-refractivity contribution in [1.82, 2.24) is 0 Å². The van der Waals surface area contributed by atoms with Gasteiger partial charge in [0.15, 0.2) is 6.10 Å². The first-order chi connectivity index (χ1) is 5.40. The fraction of sp³-hybridized carbons (Fsp3) is 1.00. The number of halogens is 3. The van der Waals surface area contributed by atoms with E-state index < -0.39 is 17.8 Å². The molecule has 0 aromatic rings. The lowest BCUT2D eigenvalue weighted by molar-refractivity contribution is -0.240. The summed E-state index contributed by atoms with van der Waals surface area (Å²) in [5, 5.41) is 0. The van der Waals surface area contributed by atoms with E-state index >= 15 is 0 Å². The molecule has 1 unspecified atom stereocenters. The maximum Gasteiger partial charge on any atom is 0.416 e. The predicted molar refractivity (Wildman–Crippen MR) is 37.6 cm³/mol. The van der Waals surface area contributed by atoms with Crippen LogP contribution in [0.4, 0.5) is 13.2 Å². The lowest BCUT2D eigenvalue weighted by Crippen LogP contribution is -2.62. The summed E-state index contributed by atoms with van der Waals surface area (Å²) >= 11 is 0. The van der Waals surface area contributed by atoms with E-state index in [0.717, 1.165) is 13.5 Å². The Balaban J connectivity index is 2.68. The smallest absolute Gasteiger partial charge is 0.370 e. The fourth-order valence-electron chi connectivity index (χ4n) is 1.54. The molecule has 1 aliphatic carbocycles. The molecule has 0 spiro atoms. The van der Waals surface area contributed by atoms with Crippen LogP contribution < -0.4 is 5.73 Å². The second-order valence-electron chi connectivity index (χ2n) is 3.24. The van der Waals surface area contributed by atoms with Gasteiger partial charge in [0, 0.05) is 7.11 Å². The van der Waals surface area contributed by atoms with Crippen molar-refractivity contribution in [2.75, 3.05) is 7.11 Å². The average molecular weight is 183 g/mol. The number of nitrogens with two attached hydrogens (primary N) is 1. The van der Waals surface area contributed by atoms with Gasteiger partial charge >= 0.3 is 6.18 Å². The summed E-state index contributed by atoms with van der Waals surface area (Å²) in [7, 11) is 1.05. The highest BCUT2D eigenvalue weighted by molar-refractivity contribution is 5.02. The Labute approximate surface area is 68.9 Å². The number of rotatable bonds is 2. The number of hydrogen-bond acceptors (Lipinski definition) is 2. The van der Waals surface area contributed by atoms with Crippen molar-refractivity contribution in [3.05, 3.63) is 0 Å². The van der Waals surface area contributed by atoms with Crippen LogP contribution in [0.3, 0.4) is 0 Å². The Morgan fingerprint density at radius 2 is 1.92 bits per heavy atom. The van der Waals surface area contributed by atoms with Gasteiger partial charge < -0.3 is 10.5 Å². The molecule has 1 aliphatic rings. The highest BCUT2D eigenvalue weighted by Crippen LogP contribution is 2.40. The van der Waals surface area contributed by atoms with Gasteiger partial charge in [0.2, 0.25) is 0 Å². The van der Waals surface area contributed by atoms with Crippen LogP contribution in [0.15, 0.2) is 0 Å². The standard InChI is InChI=1S/C7H12F3NO/c1-12-5(7(8,9)10)6(11)3-2-4-6/h5H,2-4,11H2,1H3. The second-order valence-corrected chi connectivity index (χ2v) is 3.24. The monoisotopic (exact) mass is 183 g/mol. The summed E-state index contributed by atoms with van der Waals surface area (Å²) < 4.78 is 41.1. The summed E-state index contributed by atoms with van der Waals surface area (Å²) in [5.41, 5.74) is 4.33. The molecule has 1 atom stereocenters. The third-order valence-electron chi connectivity index (χ3n) is 2.34. The van der Waals surface area contributed by atoms with E-state index in [1.807, 2.05) is 0 Å². The van der Waals surface area contributed by atoms with Gasteiger partial charge in [-0.3, -0.25) is 0 Å². The number of ether oxygens (including phenoxy) is 1. The van der Waals surface area contributed by atoms with Gasteiger partial charge in [-0.2, -0.15) is 13.2 Å². The minimum Gasteiger partial charge on any atom is -0.370 e. The lowest BCUT2D eigenvalue weighted by atomic mass is 9.73. The van der Waals surface area contributed by atoms with Gasteiger partial charge in [0.1, 0.15) is 0 Å². The van der Waals surface area contributed by atoms with Crippen molar-refractivity contribution < 1.29 is 17.9 Å². The molecule has 1 saturated carbocycles. The molecule has 2 nitrogen and oxygen atoms in total. The molecule has 1 rings (SSSR count). The van der Waals surface area contributed by atoms with E-state index in [4.69, 9.17) is 5.73 Å². The zero-order valence-electron chi connectivity index (χ0n) is 6.82. The second kappa shape index (κ2) is 2.88. The zero-order chi connectivity index (χ0) is 9.41. The minimum absolute atomic E-state index is 0.394. The van der Waals surface area contributed by atoms with E-state index in [1.165, 1.54) is 0 Å². The number of alkyl halides is 3. The van der Waals surface area contributed by atoms with E-state index in [0.29, 0.717) is 12.8 Å². The SMILES string of the molecule is COC(C(F)(F)F)C1(N)CCC1. The van der Waals surface area contributed by atoms with Crippen molar-refractivity contribution in [3.8, 4) is 0 Å². The van der Waals surface area contributed by atoms with Gasteiger partial charge in [-0.25, -0.2) is 0 Å². The maximum absolute atomic E-state index is 12.2. The highest BCUT2D eigenvalue weighted by atomic mass is 19.4. The van der Waals surface area contributed by atoms with Crippen LogP contribution in [0.25, 0.3) is 0 Å². The van der Waals surface area contributed by atoms with Crippen molar-refractivity contribution in [2.45, 2.75) is 37.1 Å². The highest BCUT2D eigenvalue weighted by Gasteiger charge is 2.54. The summed E-state index contributed by atoms with van der Waals surface area (Å²) in [4.78, 5) is 0. The van der Waals surface area contributed by atoms with Crippen molar-refractivity contribution in [3.63, 3.8) is 0 Å². The Bertz CT molecular complexity index is 165. The Morgan fingerprint density at radius 1 is 1.42 bits per heavy atom. The number of hydrogen-bond donors (Lipinski definition) is 1. The summed E-state index contributed by atoms with van der Waals surface area (Å²) in [6.07, 6.45) is -4.61. The zero-order valence-corrected chi connectivity index (χ0v) is 6.82. The Morgan fingerprint density at radius 3 is 2.00 bits per heavy atom. The lowest BCUT2D eigenvalue weighted by Gasteiger charge is -2.44. The molecule has 5 heteroatoms. The molecule has 12 heavy (non-hydrogen) atoms. The van der Waals surface area contributed by atoms with Gasteiger partial charge in [-0.15, -0.1) is 0 Å². The van der Waals surface area contributed by atoms with E-state index in [9.17, 15) is 13.2 Å². The van der Waals surface area contributed by atoms with E-state index in [1.54, 1.807) is 0 Å². The third kappa shape index (κ3) is 1.56. The van der Waals surface area contributed by atoms with Gasteiger partial charge in [-0.05, 0) is 19.3 Å². The molecule has 0 amide bonds. The first kappa shape index (κ1) is 9.80. The molecule has 0 aromatic carbocycles. The predicted octanol–water partition coefficient (Wildman–Crippen LogP) is 1.45. The van der Waals surface area contributed by atoms with Gasteiger partial charge in [0.05, 0.1) is 5.54 Å². The van der Waals surface area contributed by atoms with Crippen molar-refractivity contribution in [2.24, 2.45) is 5.73 Å². The first-order valence-corrected chi connectivity index (χ1v) is 3.78. The van der Waals surface area contributed by atoms with Crippen molar-refractivity contribution in [1.29, 1.82) is 0 Å². The van der Waals surface area contributed by atoms with Crippen LogP contribution in [-0.2, 0) is 4.74 Å². The van der Waals surface area contributed by atoms with Crippen LogP contribution in [0, 0.1) is 0 Å².